The number of hydrogen-bond donors (Lipinski definition) is 2. The fraction of sp³-hybridized carbons (Fsp3) is 0.182. The number of aromatic nitrogens is 2. The van der Waals surface area contributed by atoms with Gasteiger partial charge in [-0.25, -0.2) is 4.39 Å². The molecule has 0 aliphatic carbocycles. The van der Waals surface area contributed by atoms with Gasteiger partial charge in [0, 0.05) is 11.5 Å². The summed E-state index contributed by atoms with van der Waals surface area (Å²) in [7, 11) is 1.75. The number of aryl methyl sites for hydroxylation is 2. The van der Waals surface area contributed by atoms with Crippen LogP contribution in [0.3, 0.4) is 0 Å². The number of benzene rings is 1. The highest BCUT2D eigenvalue weighted by atomic mass is 79.9. The molecule has 0 unspecified atom stereocenters. The molecule has 0 fully saturated rings. The molecule has 0 bridgehead atoms. The predicted octanol–water partition coefficient (Wildman–Crippen LogP) is 2.96. The Morgan fingerprint density at radius 3 is 2.71 bits per heavy atom. The quantitative estimate of drug-likeness (QED) is 0.896. The molecule has 17 heavy (non-hydrogen) atoms. The van der Waals surface area contributed by atoms with Crippen LogP contribution in [-0.4, -0.2) is 9.78 Å². The lowest BCUT2D eigenvalue weighted by Gasteiger charge is -2.08. The number of nitrogens with one attached hydrogen (secondary N) is 1. The van der Waals surface area contributed by atoms with Crippen molar-refractivity contribution in [3.05, 3.63) is 34.2 Å². The van der Waals surface area contributed by atoms with Crippen LogP contribution in [0.2, 0.25) is 0 Å². The lowest BCUT2D eigenvalue weighted by Crippen LogP contribution is -2.02. The zero-order valence-electron chi connectivity index (χ0n) is 9.46. The molecule has 6 heteroatoms. The Kier molecular flexibility index (Phi) is 3.06. The Bertz CT molecular complexity index is 565. The van der Waals surface area contributed by atoms with Crippen molar-refractivity contribution >= 4 is 33.1 Å². The van der Waals surface area contributed by atoms with Gasteiger partial charge in [0.2, 0.25) is 0 Å². The largest absolute Gasteiger partial charge is 0.394 e. The van der Waals surface area contributed by atoms with Crippen LogP contribution in [0.5, 0.6) is 0 Å². The first-order valence-electron chi connectivity index (χ1n) is 5.00. The molecule has 4 nitrogen and oxygen atoms in total. The van der Waals surface area contributed by atoms with Crippen LogP contribution in [0.25, 0.3) is 0 Å². The topological polar surface area (TPSA) is 55.9 Å². The fourth-order valence-electron chi connectivity index (χ4n) is 1.54. The number of rotatable bonds is 2. The number of hydrogen-bond acceptors (Lipinski definition) is 3. The Morgan fingerprint density at radius 1 is 1.47 bits per heavy atom. The molecule has 0 amide bonds. The van der Waals surface area contributed by atoms with Crippen molar-refractivity contribution in [2.75, 3.05) is 11.1 Å². The van der Waals surface area contributed by atoms with Gasteiger partial charge in [0.25, 0.3) is 0 Å². The van der Waals surface area contributed by atoms with Crippen LogP contribution in [0.1, 0.15) is 5.69 Å². The lowest BCUT2D eigenvalue weighted by atomic mass is 10.3. The van der Waals surface area contributed by atoms with Gasteiger partial charge < -0.3 is 11.1 Å². The molecule has 1 aromatic carbocycles. The van der Waals surface area contributed by atoms with E-state index in [0.717, 1.165) is 0 Å². The number of anilines is 3. The minimum Gasteiger partial charge on any atom is -0.394 e. The molecule has 0 radical (unpaired) electrons. The van der Waals surface area contributed by atoms with E-state index in [1.54, 1.807) is 30.8 Å². The lowest BCUT2D eigenvalue weighted by molar-refractivity contribution is 0.630. The highest BCUT2D eigenvalue weighted by Crippen LogP contribution is 2.27. The number of nitrogens with two attached hydrogens (primary N) is 1. The summed E-state index contributed by atoms with van der Waals surface area (Å²) in [6, 6.07) is 4.79. The molecule has 0 aliphatic rings. The van der Waals surface area contributed by atoms with Gasteiger partial charge in [0.1, 0.15) is 5.82 Å². The van der Waals surface area contributed by atoms with Gasteiger partial charge in [-0.15, -0.1) is 0 Å². The SMILES string of the molecule is Cc1nn(C)c(Nc2ccc(Br)cc2F)c1N. The van der Waals surface area contributed by atoms with Crippen LogP contribution >= 0.6 is 15.9 Å². The molecular weight excluding hydrogens is 287 g/mol. The van der Waals surface area contributed by atoms with Gasteiger partial charge in [0.15, 0.2) is 5.82 Å². The maximum absolute atomic E-state index is 13.6. The van der Waals surface area contributed by atoms with E-state index in [4.69, 9.17) is 5.73 Å². The smallest absolute Gasteiger partial charge is 0.152 e. The Balaban J connectivity index is 2.38. The van der Waals surface area contributed by atoms with E-state index in [2.05, 4.69) is 26.3 Å². The van der Waals surface area contributed by atoms with Crippen LogP contribution in [-0.2, 0) is 7.05 Å². The average molecular weight is 299 g/mol. The summed E-state index contributed by atoms with van der Waals surface area (Å²) in [5.41, 5.74) is 7.46. The molecule has 0 aliphatic heterocycles. The normalized spacial score (nSPS) is 10.6. The van der Waals surface area contributed by atoms with Crippen LogP contribution in [0.4, 0.5) is 21.6 Å². The molecule has 0 atom stereocenters. The predicted molar refractivity (Wildman–Crippen MR) is 69.7 cm³/mol. The third kappa shape index (κ3) is 2.26. The molecule has 2 rings (SSSR count). The summed E-state index contributed by atoms with van der Waals surface area (Å²) < 4.78 is 15.9. The summed E-state index contributed by atoms with van der Waals surface area (Å²) in [5, 5.41) is 7.09. The van der Waals surface area contributed by atoms with E-state index < -0.39 is 0 Å². The Morgan fingerprint density at radius 2 is 2.18 bits per heavy atom. The molecule has 0 saturated carbocycles. The highest BCUT2D eigenvalue weighted by molar-refractivity contribution is 9.10. The number of nitrogen functional groups attached to an aromatic ring is 1. The van der Waals surface area contributed by atoms with Gasteiger partial charge in [0.05, 0.1) is 17.1 Å². The second-order valence-electron chi connectivity index (χ2n) is 3.72. The number of halogens is 2. The Hall–Kier alpha value is -1.56. The molecule has 3 N–H and O–H groups in total. The first-order valence-corrected chi connectivity index (χ1v) is 5.79. The van der Waals surface area contributed by atoms with E-state index >= 15 is 0 Å². The Labute approximate surface area is 107 Å². The third-order valence-corrected chi connectivity index (χ3v) is 2.95. The van der Waals surface area contributed by atoms with Crippen molar-refractivity contribution in [1.29, 1.82) is 0 Å². The molecule has 1 heterocycles. The second-order valence-corrected chi connectivity index (χ2v) is 4.64. The van der Waals surface area contributed by atoms with Crippen molar-refractivity contribution < 1.29 is 4.39 Å². The summed E-state index contributed by atoms with van der Waals surface area (Å²) in [6.45, 7) is 1.80. The first kappa shape index (κ1) is 11.9. The zero-order valence-corrected chi connectivity index (χ0v) is 11.0. The van der Waals surface area contributed by atoms with Crippen molar-refractivity contribution in [3.63, 3.8) is 0 Å². The van der Waals surface area contributed by atoms with Crippen molar-refractivity contribution in [1.82, 2.24) is 9.78 Å². The minimum absolute atomic E-state index is 0.349. The van der Waals surface area contributed by atoms with E-state index in [0.29, 0.717) is 27.4 Å². The van der Waals surface area contributed by atoms with Crippen molar-refractivity contribution in [2.24, 2.45) is 7.05 Å². The van der Waals surface area contributed by atoms with E-state index in [9.17, 15) is 4.39 Å². The van der Waals surface area contributed by atoms with E-state index in [1.165, 1.54) is 6.07 Å². The maximum atomic E-state index is 13.6. The standard InChI is InChI=1S/C11H12BrFN4/c1-6-10(14)11(17(2)16-6)15-9-4-3-7(12)5-8(9)13/h3-5,15H,14H2,1-2H3. The molecule has 90 valence electrons. The van der Waals surface area contributed by atoms with Crippen LogP contribution in [0.15, 0.2) is 22.7 Å². The zero-order chi connectivity index (χ0) is 12.6. The van der Waals surface area contributed by atoms with E-state index in [-0.39, 0.29) is 5.82 Å². The van der Waals surface area contributed by atoms with Gasteiger partial charge in [-0.2, -0.15) is 5.10 Å². The fourth-order valence-corrected chi connectivity index (χ4v) is 1.87. The number of nitrogens with zero attached hydrogens (tertiary/aromatic N) is 2. The van der Waals surface area contributed by atoms with Gasteiger partial charge in [-0.05, 0) is 25.1 Å². The molecule has 1 aromatic heterocycles. The molecule has 0 saturated heterocycles. The van der Waals surface area contributed by atoms with E-state index in [1.807, 2.05) is 0 Å². The van der Waals surface area contributed by atoms with Gasteiger partial charge in [-0.1, -0.05) is 15.9 Å². The minimum atomic E-state index is -0.349. The second kappa shape index (κ2) is 4.37. The highest BCUT2D eigenvalue weighted by Gasteiger charge is 2.12. The maximum Gasteiger partial charge on any atom is 0.152 e. The molecule has 2 aromatic rings. The monoisotopic (exact) mass is 298 g/mol. The first-order chi connectivity index (χ1) is 7.99. The van der Waals surface area contributed by atoms with Gasteiger partial charge >= 0.3 is 0 Å². The van der Waals surface area contributed by atoms with Crippen molar-refractivity contribution in [2.45, 2.75) is 6.92 Å². The van der Waals surface area contributed by atoms with Crippen LogP contribution in [0, 0.1) is 12.7 Å². The summed E-state index contributed by atoms with van der Waals surface area (Å²) >= 11 is 3.20. The molecule has 0 spiro atoms. The summed E-state index contributed by atoms with van der Waals surface area (Å²) in [6.07, 6.45) is 0. The summed E-state index contributed by atoms with van der Waals surface area (Å²) in [4.78, 5) is 0. The van der Waals surface area contributed by atoms with Crippen LogP contribution < -0.4 is 11.1 Å². The molecular formula is C11H12BrFN4. The third-order valence-electron chi connectivity index (χ3n) is 2.45. The summed E-state index contributed by atoms with van der Waals surface area (Å²) in [5.74, 6) is 0.237. The average Bonchev–Trinajstić information content (AvgIpc) is 2.48. The van der Waals surface area contributed by atoms with Gasteiger partial charge in [-0.3, -0.25) is 4.68 Å². The van der Waals surface area contributed by atoms with Crippen molar-refractivity contribution in [3.8, 4) is 0 Å².